The van der Waals surface area contributed by atoms with Crippen LogP contribution in [0.1, 0.15) is 35.6 Å². The number of nitrogens with one attached hydrogen (secondary N) is 1. The minimum atomic E-state index is -0.708. The van der Waals surface area contributed by atoms with Gasteiger partial charge in [-0.2, -0.15) is 10.1 Å². The number of amides is 2. The molecule has 9 heteroatoms. The number of hydrazone groups is 1. The molecule has 3 aromatic rings. The van der Waals surface area contributed by atoms with E-state index in [2.05, 4.69) is 22.4 Å². The van der Waals surface area contributed by atoms with Crippen LogP contribution >= 0.6 is 11.8 Å². The predicted molar refractivity (Wildman–Crippen MR) is 143 cm³/mol. The second kappa shape index (κ2) is 10.6. The largest absolute Gasteiger partial charge is 0.497 e. The van der Waals surface area contributed by atoms with E-state index < -0.39 is 22.9 Å². The highest BCUT2D eigenvalue weighted by atomic mass is 32.2. The highest BCUT2D eigenvalue weighted by molar-refractivity contribution is 8.15. The van der Waals surface area contributed by atoms with Gasteiger partial charge in [-0.1, -0.05) is 53.7 Å². The van der Waals surface area contributed by atoms with E-state index in [0.717, 1.165) is 28.2 Å². The third kappa shape index (κ3) is 5.41. The molecule has 7 nitrogen and oxygen atoms in total. The number of rotatable bonds is 6. The second-order valence-electron chi connectivity index (χ2n) is 8.82. The zero-order valence-corrected chi connectivity index (χ0v) is 21.2. The number of thioether (sulfide) groups is 1. The number of hydrogen-bond donors (Lipinski definition) is 1. The molecule has 0 aliphatic carbocycles. The van der Waals surface area contributed by atoms with Gasteiger partial charge in [-0.25, -0.2) is 9.40 Å². The number of carbonyl (C=O) groups is 2. The molecule has 37 heavy (non-hydrogen) atoms. The van der Waals surface area contributed by atoms with Crippen LogP contribution in [0.3, 0.4) is 0 Å². The summed E-state index contributed by atoms with van der Waals surface area (Å²) in [7, 11) is 1.62. The molecule has 2 heterocycles. The number of methoxy groups -OCH3 is 1. The zero-order chi connectivity index (χ0) is 25.9. The van der Waals surface area contributed by atoms with E-state index in [1.54, 1.807) is 24.3 Å². The lowest BCUT2D eigenvalue weighted by Gasteiger charge is -2.23. The number of aliphatic imine (C=N–C) groups is 1. The van der Waals surface area contributed by atoms with Crippen molar-refractivity contribution in [3.63, 3.8) is 0 Å². The topological polar surface area (TPSA) is 83.4 Å². The van der Waals surface area contributed by atoms with Gasteiger partial charge in [0.05, 0.1) is 24.6 Å². The van der Waals surface area contributed by atoms with Crippen molar-refractivity contribution in [2.24, 2.45) is 10.1 Å². The molecule has 2 aliphatic rings. The van der Waals surface area contributed by atoms with E-state index in [1.165, 1.54) is 23.9 Å². The first-order chi connectivity index (χ1) is 17.9. The molecule has 2 amide bonds. The first kappa shape index (κ1) is 24.7. The van der Waals surface area contributed by atoms with Crippen LogP contribution in [0, 0.1) is 12.7 Å². The molecule has 5 rings (SSSR count). The van der Waals surface area contributed by atoms with Gasteiger partial charge in [-0.3, -0.25) is 9.59 Å². The van der Waals surface area contributed by atoms with Gasteiger partial charge in [-0.15, -0.1) is 0 Å². The Morgan fingerprint density at radius 2 is 1.84 bits per heavy atom. The Morgan fingerprint density at radius 3 is 2.54 bits per heavy atom. The number of halogens is 1. The van der Waals surface area contributed by atoms with Crippen LogP contribution in [0.5, 0.6) is 5.75 Å². The summed E-state index contributed by atoms with van der Waals surface area (Å²) in [5.74, 6) is -0.630. The predicted octanol–water partition coefficient (Wildman–Crippen LogP) is 5.32. The first-order valence-electron chi connectivity index (χ1n) is 11.8. The van der Waals surface area contributed by atoms with E-state index >= 15 is 0 Å². The maximum Gasteiger partial charge on any atom is 0.262 e. The van der Waals surface area contributed by atoms with Gasteiger partial charge in [0.1, 0.15) is 16.8 Å². The van der Waals surface area contributed by atoms with Crippen molar-refractivity contribution in [1.29, 1.82) is 0 Å². The number of aryl methyl sites for hydroxylation is 1. The molecule has 0 radical (unpaired) electrons. The van der Waals surface area contributed by atoms with E-state index in [-0.39, 0.29) is 18.2 Å². The molecule has 1 N–H and O–H groups in total. The van der Waals surface area contributed by atoms with Crippen molar-refractivity contribution >= 4 is 40.1 Å². The highest BCUT2D eigenvalue weighted by Gasteiger charge is 2.39. The number of benzene rings is 3. The lowest BCUT2D eigenvalue weighted by Crippen LogP contribution is -2.25. The van der Waals surface area contributed by atoms with Gasteiger partial charge in [0.25, 0.3) is 5.91 Å². The molecule has 0 saturated heterocycles. The Kier molecular flexibility index (Phi) is 7.05. The molecule has 2 aliphatic heterocycles. The molecule has 0 fully saturated rings. The number of para-hydroxylation sites is 1. The van der Waals surface area contributed by atoms with E-state index in [4.69, 9.17) is 9.84 Å². The van der Waals surface area contributed by atoms with Crippen LogP contribution in [0.2, 0.25) is 0 Å². The Bertz CT molecular complexity index is 1390. The van der Waals surface area contributed by atoms with Crippen molar-refractivity contribution in [1.82, 2.24) is 5.01 Å². The van der Waals surface area contributed by atoms with Crippen LogP contribution in [-0.2, 0) is 9.59 Å². The quantitative estimate of drug-likeness (QED) is 0.480. The van der Waals surface area contributed by atoms with Crippen LogP contribution in [0.4, 0.5) is 10.1 Å². The molecular weight excluding hydrogens is 491 g/mol. The third-order valence-electron chi connectivity index (χ3n) is 6.24. The number of ether oxygens (including phenoxy) is 1. The maximum absolute atomic E-state index is 13.9. The molecule has 188 valence electrons. The van der Waals surface area contributed by atoms with Crippen LogP contribution < -0.4 is 10.1 Å². The van der Waals surface area contributed by atoms with E-state index in [0.29, 0.717) is 11.6 Å². The molecule has 0 unspecified atom stereocenters. The number of anilines is 1. The zero-order valence-electron chi connectivity index (χ0n) is 20.3. The molecular formula is C28H25FN4O3S. The fraction of sp³-hybridized carbons (Fsp3) is 0.214. The Hall–Kier alpha value is -3.98. The smallest absolute Gasteiger partial charge is 0.262 e. The fourth-order valence-electron chi connectivity index (χ4n) is 4.23. The van der Waals surface area contributed by atoms with Gasteiger partial charge in [0, 0.05) is 12.8 Å². The normalized spacial score (nSPS) is 19.0. The highest BCUT2D eigenvalue weighted by Crippen LogP contribution is 2.39. The summed E-state index contributed by atoms with van der Waals surface area (Å²) in [6, 6.07) is 21.7. The SMILES string of the molecule is COc1ccc(C2=NN(C3=NC(=O)[C@H](CC(=O)Nc4ccccc4F)S3)[C@@H](c3ccc(C)cc3)C2)cc1. The standard InChI is InChI=1S/C28H25FN4O3S/c1-17-7-9-19(10-8-17)24-15-23(18-11-13-20(36-2)14-12-18)32-33(24)28-31-27(35)25(37-28)16-26(34)30-22-6-4-3-5-21(22)29/h3-14,24-25H,15-16H2,1-2H3,(H,30,34)/t24-,25+/m1/s1. The Labute approximate surface area is 218 Å². The Morgan fingerprint density at radius 1 is 1.11 bits per heavy atom. The molecule has 0 spiro atoms. The van der Waals surface area contributed by atoms with Crippen LogP contribution in [-0.4, -0.2) is 40.1 Å². The average Bonchev–Trinajstić information content (AvgIpc) is 3.50. The summed E-state index contributed by atoms with van der Waals surface area (Å²) in [4.78, 5) is 29.6. The van der Waals surface area contributed by atoms with Crippen LogP contribution in [0.15, 0.2) is 82.9 Å². The minimum absolute atomic E-state index is 0.0804. The minimum Gasteiger partial charge on any atom is -0.497 e. The summed E-state index contributed by atoms with van der Waals surface area (Å²) >= 11 is 1.21. The Balaban J connectivity index is 1.36. The molecule has 0 bridgehead atoms. The molecule has 2 atom stereocenters. The second-order valence-corrected chi connectivity index (χ2v) is 9.99. The molecule has 3 aromatic carbocycles. The monoisotopic (exact) mass is 516 g/mol. The van der Waals surface area contributed by atoms with Crippen molar-refractivity contribution in [3.8, 4) is 5.75 Å². The van der Waals surface area contributed by atoms with Crippen molar-refractivity contribution in [2.75, 3.05) is 12.4 Å². The van der Waals surface area contributed by atoms with E-state index in [1.807, 2.05) is 43.3 Å². The summed E-state index contributed by atoms with van der Waals surface area (Å²) in [6.45, 7) is 2.03. The summed E-state index contributed by atoms with van der Waals surface area (Å²) in [5, 5.41) is 8.92. The van der Waals surface area contributed by atoms with Gasteiger partial charge in [-0.05, 0) is 54.4 Å². The van der Waals surface area contributed by atoms with Crippen molar-refractivity contribution < 1.29 is 18.7 Å². The number of amidine groups is 1. The van der Waals surface area contributed by atoms with Crippen LogP contribution in [0.25, 0.3) is 0 Å². The number of nitrogens with zero attached hydrogens (tertiary/aromatic N) is 3. The van der Waals surface area contributed by atoms with Gasteiger partial charge in [0.2, 0.25) is 5.91 Å². The van der Waals surface area contributed by atoms with Gasteiger partial charge < -0.3 is 10.1 Å². The first-order valence-corrected chi connectivity index (χ1v) is 12.7. The molecule has 0 saturated carbocycles. The number of hydrogen-bond acceptors (Lipinski definition) is 6. The van der Waals surface area contributed by atoms with Crippen molar-refractivity contribution in [3.05, 3.63) is 95.3 Å². The summed E-state index contributed by atoms with van der Waals surface area (Å²) < 4.78 is 19.2. The number of carbonyl (C=O) groups excluding carboxylic acids is 2. The average molecular weight is 517 g/mol. The van der Waals surface area contributed by atoms with E-state index in [9.17, 15) is 14.0 Å². The summed E-state index contributed by atoms with van der Waals surface area (Å²) in [6.07, 6.45) is 0.504. The van der Waals surface area contributed by atoms with Crippen molar-refractivity contribution in [2.45, 2.75) is 31.1 Å². The van der Waals surface area contributed by atoms with Gasteiger partial charge >= 0.3 is 0 Å². The molecule has 0 aromatic heterocycles. The lowest BCUT2D eigenvalue weighted by atomic mass is 9.98. The summed E-state index contributed by atoms with van der Waals surface area (Å²) in [5.41, 5.74) is 4.10. The third-order valence-corrected chi connectivity index (χ3v) is 7.38. The fourth-order valence-corrected chi connectivity index (χ4v) is 5.29. The van der Waals surface area contributed by atoms with Gasteiger partial charge in [0.15, 0.2) is 5.17 Å². The maximum atomic E-state index is 13.9. The lowest BCUT2D eigenvalue weighted by molar-refractivity contribution is -0.121.